The zero-order chi connectivity index (χ0) is 16.4. The van der Waals surface area contributed by atoms with Gasteiger partial charge >= 0.3 is 0 Å². The molecule has 24 heavy (non-hydrogen) atoms. The maximum absolute atomic E-state index is 12.9. The van der Waals surface area contributed by atoms with E-state index in [9.17, 15) is 4.79 Å². The van der Waals surface area contributed by atoms with Gasteiger partial charge in [0.2, 0.25) is 0 Å². The smallest absolute Gasteiger partial charge is 0.277 e. The average Bonchev–Trinajstić information content (AvgIpc) is 3.21. The largest absolute Gasteiger partial charge is 0.338 e. The van der Waals surface area contributed by atoms with Gasteiger partial charge in [-0.25, -0.2) is 0 Å². The van der Waals surface area contributed by atoms with E-state index in [4.69, 9.17) is 0 Å². The fraction of sp³-hybridized carbons (Fsp3) is 0.526. The Balaban J connectivity index is 1.54. The third-order valence-electron chi connectivity index (χ3n) is 5.34. The van der Waals surface area contributed by atoms with Crippen LogP contribution in [0.3, 0.4) is 0 Å². The minimum atomic E-state index is 0.343. The molecule has 1 saturated heterocycles. The van der Waals surface area contributed by atoms with Gasteiger partial charge in [0.05, 0.1) is 11.4 Å². The first kappa shape index (κ1) is 16.3. The van der Waals surface area contributed by atoms with E-state index in [1.165, 1.54) is 45.9 Å². The van der Waals surface area contributed by atoms with Crippen LogP contribution in [0.4, 0.5) is 0 Å². The summed E-state index contributed by atoms with van der Waals surface area (Å²) in [6.07, 6.45) is 6.00. The number of quaternary nitrogens is 1. The second-order valence-corrected chi connectivity index (χ2v) is 8.86. The zero-order valence-corrected chi connectivity index (χ0v) is 15.6. The quantitative estimate of drug-likeness (QED) is 0.893. The number of amides is 1. The van der Waals surface area contributed by atoms with E-state index in [0.717, 1.165) is 26.1 Å². The molecule has 4 heterocycles. The van der Waals surface area contributed by atoms with Crippen molar-refractivity contribution in [3.8, 4) is 0 Å². The average molecular weight is 362 g/mol. The molecule has 1 N–H and O–H groups in total. The third-order valence-corrected chi connectivity index (χ3v) is 7.27. The summed E-state index contributed by atoms with van der Waals surface area (Å²) >= 11 is 3.70. The highest BCUT2D eigenvalue weighted by Crippen LogP contribution is 2.31. The van der Waals surface area contributed by atoms with E-state index in [-0.39, 0.29) is 0 Å². The second-order valence-electron chi connectivity index (χ2n) is 6.88. The van der Waals surface area contributed by atoms with Crippen LogP contribution in [0.15, 0.2) is 29.0 Å². The summed E-state index contributed by atoms with van der Waals surface area (Å²) in [4.78, 5) is 19.4. The summed E-state index contributed by atoms with van der Waals surface area (Å²) in [5.41, 5.74) is 1.45. The van der Waals surface area contributed by atoms with E-state index >= 15 is 0 Å². The monoisotopic (exact) mass is 361 g/mol. The fourth-order valence-electron chi connectivity index (χ4n) is 4.08. The normalized spacial score (nSPS) is 24.4. The highest BCUT2D eigenvalue weighted by atomic mass is 32.1. The lowest BCUT2D eigenvalue weighted by Crippen LogP contribution is -3.14. The van der Waals surface area contributed by atoms with Crippen LogP contribution in [0.1, 0.15) is 47.0 Å². The number of thiophene rings is 2. The third kappa shape index (κ3) is 3.30. The number of hydrogen-bond acceptors (Lipinski definition) is 3. The number of hydrogen-bond donors (Lipinski definition) is 1. The molecule has 1 fully saturated rings. The lowest BCUT2D eigenvalue weighted by atomic mass is 9.98. The van der Waals surface area contributed by atoms with Crippen LogP contribution < -0.4 is 4.90 Å². The first-order chi connectivity index (χ1) is 11.8. The zero-order valence-electron chi connectivity index (χ0n) is 14.0. The van der Waals surface area contributed by atoms with Gasteiger partial charge in [0.1, 0.15) is 6.04 Å². The molecule has 2 aromatic rings. The van der Waals surface area contributed by atoms with Crippen LogP contribution in [-0.2, 0) is 11.2 Å². The van der Waals surface area contributed by atoms with Gasteiger partial charge in [-0.05, 0) is 35.7 Å². The molecule has 4 rings (SSSR count). The van der Waals surface area contributed by atoms with Gasteiger partial charge in [0.25, 0.3) is 5.91 Å². The lowest BCUT2D eigenvalue weighted by molar-refractivity contribution is -0.919. The highest BCUT2D eigenvalue weighted by molar-refractivity contribution is 7.10. The molecule has 2 aliphatic rings. The minimum absolute atomic E-state index is 0.343. The van der Waals surface area contributed by atoms with E-state index < -0.39 is 0 Å². The molecule has 1 amide bonds. The molecule has 2 atom stereocenters. The van der Waals surface area contributed by atoms with Crippen molar-refractivity contribution in [2.45, 2.75) is 38.1 Å². The first-order valence-corrected chi connectivity index (χ1v) is 10.8. The van der Waals surface area contributed by atoms with E-state index in [2.05, 4.69) is 33.9 Å². The molecule has 2 aromatic heterocycles. The predicted octanol–water partition coefficient (Wildman–Crippen LogP) is 2.74. The fourth-order valence-corrected chi connectivity index (χ4v) is 5.90. The maximum atomic E-state index is 12.9. The highest BCUT2D eigenvalue weighted by Gasteiger charge is 2.35. The van der Waals surface area contributed by atoms with Crippen molar-refractivity contribution in [3.05, 3.63) is 44.3 Å². The maximum Gasteiger partial charge on any atom is 0.277 e. The molecule has 0 saturated carbocycles. The van der Waals surface area contributed by atoms with E-state index in [1.807, 2.05) is 22.7 Å². The van der Waals surface area contributed by atoms with Gasteiger partial charge in [0, 0.05) is 30.0 Å². The van der Waals surface area contributed by atoms with E-state index in [1.54, 1.807) is 0 Å². The van der Waals surface area contributed by atoms with Crippen LogP contribution in [0.25, 0.3) is 0 Å². The summed E-state index contributed by atoms with van der Waals surface area (Å²) < 4.78 is 0. The van der Waals surface area contributed by atoms with E-state index in [0.29, 0.717) is 18.5 Å². The molecule has 5 heteroatoms. The molecule has 128 valence electrons. The van der Waals surface area contributed by atoms with Gasteiger partial charge < -0.3 is 9.80 Å². The molecule has 0 bridgehead atoms. The Morgan fingerprint density at radius 2 is 1.96 bits per heavy atom. The van der Waals surface area contributed by atoms with Crippen LogP contribution in [0, 0.1) is 0 Å². The van der Waals surface area contributed by atoms with Gasteiger partial charge in [-0.1, -0.05) is 18.9 Å². The first-order valence-electron chi connectivity index (χ1n) is 9.05. The Kier molecular flexibility index (Phi) is 5.01. The molecular formula is C19H25N2OS2+. The predicted molar refractivity (Wildman–Crippen MR) is 99.9 cm³/mol. The summed E-state index contributed by atoms with van der Waals surface area (Å²) in [6.45, 7) is 3.62. The SMILES string of the molecule is O=C(C[NH+]1CCc2sccc2[C@@H]1c1cccs1)N1CCCCCC1. The molecular weight excluding hydrogens is 336 g/mol. The van der Waals surface area contributed by atoms with Crippen molar-refractivity contribution in [1.29, 1.82) is 0 Å². The molecule has 0 radical (unpaired) electrons. The summed E-state index contributed by atoms with van der Waals surface area (Å²) in [5, 5.41) is 4.37. The standard InChI is InChI=1S/C19H24N2OS2/c22-18(20-9-3-1-2-4-10-20)14-21-11-7-16-15(8-13-24-16)19(21)17-6-5-12-23-17/h5-6,8,12-13,19H,1-4,7,9-11,14H2/p+1/t19-/m1/s1. The number of likely N-dealkylation sites (tertiary alicyclic amines) is 1. The molecule has 0 aliphatic carbocycles. The molecule has 3 nitrogen and oxygen atoms in total. The minimum Gasteiger partial charge on any atom is -0.338 e. The number of nitrogens with zero attached hydrogens (tertiary/aromatic N) is 1. The van der Waals surface area contributed by atoms with Gasteiger partial charge in [-0.3, -0.25) is 4.79 Å². The lowest BCUT2D eigenvalue weighted by Gasteiger charge is -2.33. The van der Waals surface area contributed by atoms with Crippen molar-refractivity contribution >= 4 is 28.6 Å². The Labute approximate surface area is 151 Å². The van der Waals surface area contributed by atoms with Crippen LogP contribution >= 0.6 is 22.7 Å². The number of carbonyl (C=O) groups excluding carboxylic acids is 1. The Hall–Kier alpha value is -1.17. The number of carbonyl (C=O) groups is 1. The van der Waals surface area contributed by atoms with Crippen molar-refractivity contribution in [1.82, 2.24) is 4.90 Å². The van der Waals surface area contributed by atoms with Crippen molar-refractivity contribution in [2.75, 3.05) is 26.2 Å². The van der Waals surface area contributed by atoms with Crippen LogP contribution in [0.5, 0.6) is 0 Å². The van der Waals surface area contributed by atoms with Gasteiger partial charge in [-0.2, -0.15) is 0 Å². The number of fused-ring (bicyclic) bond motifs is 1. The summed E-state index contributed by atoms with van der Waals surface area (Å²) in [5.74, 6) is 0.354. The van der Waals surface area contributed by atoms with Gasteiger partial charge in [0.15, 0.2) is 6.54 Å². The number of rotatable bonds is 3. The molecule has 2 aliphatic heterocycles. The topological polar surface area (TPSA) is 24.8 Å². The van der Waals surface area contributed by atoms with Crippen molar-refractivity contribution in [2.24, 2.45) is 0 Å². The second kappa shape index (κ2) is 7.38. The molecule has 0 aromatic carbocycles. The Morgan fingerprint density at radius 3 is 2.71 bits per heavy atom. The Morgan fingerprint density at radius 1 is 1.12 bits per heavy atom. The van der Waals surface area contributed by atoms with Gasteiger partial charge in [-0.15, -0.1) is 22.7 Å². The van der Waals surface area contributed by atoms with Crippen LogP contribution in [0.2, 0.25) is 0 Å². The number of nitrogens with one attached hydrogen (secondary N) is 1. The van der Waals surface area contributed by atoms with Crippen molar-refractivity contribution in [3.63, 3.8) is 0 Å². The Bertz CT molecular complexity index is 671. The van der Waals surface area contributed by atoms with Crippen molar-refractivity contribution < 1.29 is 9.69 Å². The molecule has 0 spiro atoms. The van der Waals surface area contributed by atoms with Crippen LogP contribution in [-0.4, -0.2) is 37.0 Å². The summed E-state index contributed by atoms with van der Waals surface area (Å²) in [6, 6.07) is 6.99. The summed E-state index contributed by atoms with van der Waals surface area (Å²) in [7, 11) is 0. The molecule has 1 unspecified atom stereocenters.